The quantitative estimate of drug-likeness (QED) is 0.866. The van der Waals surface area contributed by atoms with E-state index >= 15 is 0 Å². The molecule has 2 amide bonds. The maximum Gasteiger partial charge on any atom is 0.321 e. The molecule has 0 heterocycles. The van der Waals surface area contributed by atoms with E-state index < -0.39 is 35.3 Å². The first-order valence-electron chi connectivity index (χ1n) is 5.68. The molecule has 1 aromatic carbocycles. The van der Waals surface area contributed by atoms with Gasteiger partial charge in [-0.05, 0) is 0 Å². The normalized spacial score (nSPS) is 12.1. The Balaban J connectivity index is 2.71. The number of aliphatic hydroxyl groups is 1. The highest BCUT2D eigenvalue weighted by molar-refractivity contribution is 5.89. The van der Waals surface area contributed by atoms with E-state index in [9.17, 15) is 23.1 Å². The van der Waals surface area contributed by atoms with Gasteiger partial charge in [0.1, 0.15) is 11.5 Å². The van der Waals surface area contributed by atoms with Crippen molar-refractivity contribution in [3.63, 3.8) is 0 Å². The average Bonchev–Trinajstić information content (AvgIpc) is 2.33. The molecule has 0 aromatic heterocycles. The standard InChI is InChI=1S/C12H15F3N2O3/c1-17(5-8(18)6-20-2)12(19)16-11-9(14)3-7(13)4-10(11)15/h3-4,8,18H,5-6H2,1-2H3,(H,16,19). The second-order valence-corrected chi connectivity index (χ2v) is 4.16. The van der Waals surface area contributed by atoms with Gasteiger partial charge in [0.2, 0.25) is 0 Å². The summed E-state index contributed by atoms with van der Waals surface area (Å²) >= 11 is 0. The third-order valence-electron chi connectivity index (χ3n) is 2.43. The third kappa shape index (κ3) is 4.39. The number of anilines is 1. The molecule has 2 N–H and O–H groups in total. The first-order chi connectivity index (χ1) is 9.35. The molecule has 0 spiro atoms. The molecule has 0 bridgehead atoms. The van der Waals surface area contributed by atoms with Crippen LogP contribution in [0.2, 0.25) is 0 Å². The molecule has 0 fully saturated rings. The fraction of sp³-hybridized carbons (Fsp3) is 0.417. The van der Waals surface area contributed by atoms with Crippen LogP contribution in [0.1, 0.15) is 0 Å². The van der Waals surface area contributed by atoms with Crippen LogP contribution < -0.4 is 5.32 Å². The molecular weight excluding hydrogens is 277 g/mol. The number of hydrogen-bond acceptors (Lipinski definition) is 3. The van der Waals surface area contributed by atoms with Crippen LogP contribution in [0.4, 0.5) is 23.7 Å². The molecule has 0 aliphatic rings. The Morgan fingerprint density at radius 2 is 1.95 bits per heavy atom. The third-order valence-corrected chi connectivity index (χ3v) is 2.43. The van der Waals surface area contributed by atoms with Gasteiger partial charge in [-0.2, -0.15) is 0 Å². The number of halogens is 3. The van der Waals surface area contributed by atoms with E-state index in [4.69, 9.17) is 0 Å². The Kier molecular flexibility index (Phi) is 5.78. The van der Waals surface area contributed by atoms with Gasteiger partial charge in [0.05, 0.1) is 19.3 Å². The highest BCUT2D eigenvalue weighted by Gasteiger charge is 2.18. The number of rotatable bonds is 5. The summed E-state index contributed by atoms with van der Waals surface area (Å²) in [5.74, 6) is -3.52. The number of benzene rings is 1. The van der Waals surface area contributed by atoms with Gasteiger partial charge in [0.25, 0.3) is 0 Å². The van der Waals surface area contributed by atoms with Gasteiger partial charge in [0, 0.05) is 26.3 Å². The Labute approximate surface area is 113 Å². The van der Waals surface area contributed by atoms with E-state index in [1.807, 2.05) is 5.32 Å². The lowest BCUT2D eigenvalue weighted by Gasteiger charge is -2.21. The van der Waals surface area contributed by atoms with Crippen LogP contribution in [0.5, 0.6) is 0 Å². The van der Waals surface area contributed by atoms with Gasteiger partial charge in [-0.3, -0.25) is 0 Å². The maximum absolute atomic E-state index is 13.3. The predicted octanol–water partition coefficient (Wildman–Crippen LogP) is 1.57. The van der Waals surface area contributed by atoms with E-state index in [0.717, 1.165) is 4.90 Å². The molecule has 8 heteroatoms. The molecule has 0 saturated heterocycles. The minimum absolute atomic E-state index is 0.0108. The van der Waals surface area contributed by atoms with Gasteiger partial charge in [-0.1, -0.05) is 0 Å². The van der Waals surface area contributed by atoms with Gasteiger partial charge in [-0.15, -0.1) is 0 Å². The fourth-order valence-electron chi connectivity index (χ4n) is 1.51. The van der Waals surface area contributed by atoms with Crippen molar-refractivity contribution in [2.75, 3.05) is 32.6 Å². The van der Waals surface area contributed by atoms with Crippen molar-refractivity contribution in [1.82, 2.24) is 4.90 Å². The van der Waals surface area contributed by atoms with Crippen molar-refractivity contribution in [3.8, 4) is 0 Å². The molecule has 1 atom stereocenters. The minimum Gasteiger partial charge on any atom is -0.389 e. The number of hydrogen-bond donors (Lipinski definition) is 2. The Morgan fingerprint density at radius 1 is 1.40 bits per heavy atom. The van der Waals surface area contributed by atoms with Crippen LogP contribution >= 0.6 is 0 Å². The Morgan fingerprint density at radius 3 is 2.45 bits per heavy atom. The predicted molar refractivity (Wildman–Crippen MR) is 65.8 cm³/mol. The van der Waals surface area contributed by atoms with E-state index in [1.165, 1.54) is 14.2 Å². The number of urea groups is 1. The number of likely N-dealkylation sites (N-methyl/N-ethyl adjacent to an activating group) is 1. The topological polar surface area (TPSA) is 61.8 Å². The zero-order chi connectivity index (χ0) is 15.3. The highest BCUT2D eigenvalue weighted by Crippen LogP contribution is 2.20. The van der Waals surface area contributed by atoms with Crippen molar-refractivity contribution >= 4 is 11.7 Å². The lowest BCUT2D eigenvalue weighted by Crippen LogP contribution is -2.39. The summed E-state index contributed by atoms with van der Waals surface area (Å²) in [5.41, 5.74) is -0.746. The highest BCUT2D eigenvalue weighted by atomic mass is 19.1. The monoisotopic (exact) mass is 292 g/mol. The molecule has 5 nitrogen and oxygen atoms in total. The van der Waals surface area contributed by atoms with E-state index in [-0.39, 0.29) is 13.2 Å². The molecule has 0 radical (unpaired) electrons. The summed E-state index contributed by atoms with van der Waals surface area (Å²) < 4.78 is 44.1. The number of carbonyl (C=O) groups excluding carboxylic acids is 1. The van der Waals surface area contributed by atoms with E-state index in [2.05, 4.69) is 4.74 Å². The SMILES string of the molecule is COCC(O)CN(C)C(=O)Nc1c(F)cc(F)cc1F. The molecule has 1 rings (SSSR count). The van der Waals surface area contributed by atoms with Crippen LogP contribution in [0.25, 0.3) is 0 Å². The summed E-state index contributed by atoms with van der Waals surface area (Å²) in [5, 5.41) is 11.4. The van der Waals surface area contributed by atoms with Crippen LogP contribution in [-0.4, -0.2) is 49.5 Å². The van der Waals surface area contributed by atoms with Crippen molar-refractivity contribution < 1.29 is 27.8 Å². The number of nitrogens with one attached hydrogen (secondary N) is 1. The number of amides is 2. The lowest BCUT2D eigenvalue weighted by molar-refractivity contribution is 0.0501. The van der Waals surface area contributed by atoms with Crippen LogP contribution in [0.3, 0.4) is 0 Å². The average molecular weight is 292 g/mol. The summed E-state index contributed by atoms with van der Waals surface area (Å²) in [6, 6.07) is 0.0706. The van der Waals surface area contributed by atoms with Gasteiger partial charge in [-0.25, -0.2) is 18.0 Å². The van der Waals surface area contributed by atoms with Gasteiger partial charge < -0.3 is 20.1 Å². The molecule has 0 aliphatic heterocycles. The lowest BCUT2D eigenvalue weighted by atomic mass is 10.3. The molecular formula is C12H15F3N2O3. The molecule has 0 saturated carbocycles. The zero-order valence-corrected chi connectivity index (χ0v) is 11.0. The summed E-state index contributed by atoms with van der Waals surface area (Å²) in [7, 11) is 2.71. The molecule has 1 aromatic rings. The first-order valence-corrected chi connectivity index (χ1v) is 5.68. The minimum atomic E-state index is -1.22. The number of ether oxygens (including phenoxy) is 1. The van der Waals surface area contributed by atoms with Crippen LogP contribution in [0, 0.1) is 17.5 Å². The Hall–Kier alpha value is -1.80. The number of carbonyl (C=O) groups is 1. The van der Waals surface area contributed by atoms with Gasteiger partial charge in [0.15, 0.2) is 11.6 Å². The molecule has 0 aliphatic carbocycles. The van der Waals surface area contributed by atoms with Crippen molar-refractivity contribution in [2.24, 2.45) is 0 Å². The summed E-state index contributed by atoms with van der Waals surface area (Å²) in [4.78, 5) is 12.7. The van der Waals surface area contributed by atoms with E-state index in [0.29, 0.717) is 12.1 Å². The molecule has 1 unspecified atom stereocenters. The molecule has 112 valence electrons. The second kappa shape index (κ2) is 7.11. The number of methoxy groups -OCH3 is 1. The van der Waals surface area contributed by atoms with Crippen LogP contribution in [0.15, 0.2) is 12.1 Å². The van der Waals surface area contributed by atoms with Crippen molar-refractivity contribution in [1.29, 1.82) is 0 Å². The smallest absolute Gasteiger partial charge is 0.321 e. The number of nitrogens with zero attached hydrogens (tertiary/aromatic N) is 1. The van der Waals surface area contributed by atoms with Gasteiger partial charge >= 0.3 is 6.03 Å². The van der Waals surface area contributed by atoms with E-state index in [1.54, 1.807) is 0 Å². The number of aliphatic hydroxyl groups excluding tert-OH is 1. The fourth-order valence-corrected chi connectivity index (χ4v) is 1.51. The summed E-state index contributed by atoms with van der Waals surface area (Å²) in [6.07, 6.45) is -0.932. The zero-order valence-electron chi connectivity index (χ0n) is 11.0. The Bertz CT molecular complexity index is 462. The largest absolute Gasteiger partial charge is 0.389 e. The first kappa shape index (κ1) is 16.3. The summed E-state index contributed by atoms with van der Waals surface area (Å²) in [6.45, 7) is -0.0823. The van der Waals surface area contributed by atoms with Crippen molar-refractivity contribution in [3.05, 3.63) is 29.6 Å². The molecule has 20 heavy (non-hydrogen) atoms. The van der Waals surface area contributed by atoms with Crippen LogP contribution in [-0.2, 0) is 4.74 Å². The maximum atomic E-state index is 13.3. The van der Waals surface area contributed by atoms with Crippen molar-refractivity contribution in [2.45, 2.75) is 6.10 Å². The second-order valence-electron chi connectivity index (χ2n) is 4.16.